The summed E-state index contributed by atoms with van der Waals surface area (Å²) in [6.07, 6.45) is -0.0782. The number of hydrogen-bond acceptors (Lipinski definition) is 6. The topological polar surface area (TPSA) is 110 Å². The van der Waals surface area contributed by atoms with Crippen LogP contribution in [0.1, 0.15) is 23.2 Å². The normalized spacial score (nSPS) is 15.4. The lowest BCUT2D eigenvalue weighted by Gasteiger charge is -2.14. The lowest BCUT2D eigenvalue weighted by Crippen LogP contribution is -2.33. The Labute approximate surface area is 120 Å². The molecule has 0 saturated carbocycles. The molecule has 8 nitrogen and oxygen atoms in total. The highest BCUT2D eigenvalue weighted by Gasteiger charge is 2.34. The molecule has 1 aromatic carbocycles. The average Bonchev–Trinajstić information content (AvgIpc) is 2.79. The van der Waals surface area contributed by atoms with E-state index in [2.05, 4.69) is 4.72 Å². The van der Waals surface area contributed by atoms with Gasteiger partial charge in [0.2, 0.25) is 10.0 Å². The van der Waals surface area contributed by atoms with Gasteiger partial charge in [-0.3, -0.25) is 9.59 Å². The molecule has 1 N–H and O–H groups in total. The first-order valence-corrected chi connectivity index (χ1v) is 7.46. The zero-order chi connectivity index (χ0) is 15.6. The molecule has 1 saturated heterocycles. The van der Waals surface area contributed by atoms with Crippen LogP contribution >= 0.6 is 0 Å². The van der Waals surface area contributed by atoms with E-state index < -0.39 is 27.8 Å². The predicted octanol–water partition coefficient (Wildman–Crippen LogP) is -0.185. The van der Waals surface area contributed by atoms with E-state index in [0.29, 0.717) is 5.06 Å². The molecule has 21 heavy (non-hydrogen) atoms. The van der Waals surface area contributed by atoms with Gasteiger partial charge >= 0.3 is 5.97 Å². The molecule has 0 atom stereocenters. The number of imide groups is 1. The number of hydroxylamine groups is 2. The van der Waals surface area contributed by atoms with E-state index >= 15 is 0 Å². The van der Waals surface area contributed by atoms with Crippen LogP contribution in [-0.4, -0.2) is 38.3 Å². The van der Waals surface area contributed by atoms with Crippen LogP contribution in [0.2, 0.25) is 0 Å². The van der Waals surface area contributed by atoms with E-state index in [9.17, 15) is 22.8 Å². The second-order valence-electron chi connectivity index (χ2n) is 4.16. The molecule has 0 aromatic heterocycles. The minimum Gasteiger partial charge on any atom is -0.325 e. The number of benzene rings is 1. The molecule has 1 aliphatic heterocycles. The summed E-state index contributed by atoms with van der Waals surface area (Å²) in [5.74, 6) is -2.36. The number of amides is 2. The van der Waals surface area contributed by atoms with Crippen molar-refractivity contribution in [2.24, 2.45) is 0 Å². The Hall–Kier alpha value is -2.26. The average molecular weight is 312 g/mol. The van der Waals surface area contributed by atoms with Gasteiger partial charge in [-0.15, -0.1) is 5.06 Å². The van der Waals surface area contributed by atoms with E-state index in [-0.39, 0.29) is 23.3 Å². The summed E-state index contributed by atoms with van der Waals surface area (Å²) < 4.78 is 25.7. The van der Waals surface area contributed by atoms with Gasteiger partial charge in [-0.25, -0.2) is 17.9 Å². The van der Waals surface area contributed by atoms with Crippen molar-refractivity contribution in [1.29, 1.82) is 0 Å². The summed E-state index contributed by atoms with van der Waals surface area (Å²) in [4.78, 5) is 39.2. The predicted molar refractivity (Wildman–Crippen MR) is 69.2 cm³/mol. The van der Waals surface area contributed by atoms with Crippen LogP contribution in [0, 0.1) is 0 Å². The summed E-state index contributed by atoms with van der Waals surface area (Å²) in [6, 6.07) is 5.33. The monoisotopic (exact) mass is 312 g/mol. The van der Waals surface area contributed by atoms with E-state index in [1.165, 1.54) is 31.3 Å². The Morgan fingerprint density at radius 2 is 1.76 bits per heavy atom. The van der Waals surface area contributed by atoms with Gasteiger partial charge in [-0.2, -0.15) is 0 Å². The Morgan fingerprint density at radius 1 is 1.19 bits per heavy atom. The summed E-state index contributed by atoms with van der Waals surface area (Å²) in [7, 11) is -2.67. The van der Waals surface area contributed by atoms with Crippen LogP contribution < -0.4 is 4.72 Å². The van der Waals surface area contributed by atoms with Gasteiger partial charge in [-0.1, -0.05) is 12.1 Å². The SMILES string of the molecule is CNS(=O)(=O)c1ccccc1C(=O)ON1C(=O)CCC1=O. The van der Waals surface area contributed by atoms with Crippen LogP contribution in [-0.2, 0) is 24.4 Å². The van der Waals surface area contributed by atoms with Crippen LogP contribution in [0.15, 0.2) is 29.2 Å². The van der Waals surface area contributed by atoms with Crippen molar-refractivity contribution in [2.75, 3.05) is 7.05 Å². The number of sulfonamides is 1. The van der Waals surface area contributed by atoms with Crippen LogP contribution in [0.25, 0.3) is 0 Å². The first-order valence-electron chi connectivity index (χ1n) is 5.97. The van der Waals surface area contributed by atoms with Crippen molar-refractivity contribution < 1.29 is 27.6 Å². The molecule has 0 bridgehead atoms. The molecule has 2 rings (SSSR count). The number of nitrogens with one attached hydrogen (secondary N) is 1. The molecule has 112 valence electrons. The van der Waals surface area contributed by atoms with E-state index in [4.69, 9.17) is 4.84 Å². The highest BCUT2D eigenvalue weighted by molar-refractivity contribution is 7.89. The van der Waals surface area contributed by atoms with Gasteiger partial charge in [0.1, 0.15) is 0 Å². The molecule has 0 unspecified atom stereocenters. The third-order valence-corrected chi connectivity index (χ3v) is 4.32. The molecule has 0 radical (unpaired) electrons. The summed E-state index contributed by atoms with van der Waals surface area (Å²) in [5.41, 5.74) is -0.264. The van der Waals surface area contributed by atoms with Gasteiger partial charge in [0.25, 0.3) is 11.8 Å². The Kier molecular flexibility index (Phi) is 4.05. The smallest absolute Gasteiger partial charge is 0.325 e. The van der Waals surface area contributed by atoms with Crippen LogP contribution in [0.5, 0.6) is 0 Å². The molecule has 2 amide bonds. The second kappa shape index (κ2) is 5.62. The number of hydrogen-bond donors (Lipinski definition) is 1. The number of rotatable bonds is 4. The van der Waals surface area contributed by atoms with Crippen molar-refractivity contribution in [3.63, 3.8) is 0 Å². The van der Waals surface area contributed by atoms with Gasteiger partial charge in [0.15, 0.2) is 0 Å². The van der Waals surface area contributed by atoms with E-state index in [0.717, 1.165) is 0 Å². The summed E-state index contributed by atoms with van der Waals surface area (Å²) in [6.45, 7) is 0. The zero-order valence-corrected chi connectivity index (χ0v) is 11.8. The Morgan fingerprint density at radius 3 is 2.33 bits per heavy atom. The third kappa shape index (κ3) is 2.93. The van der Waals surface area contributed by atoms with E-state index in [1.54, 1.807) is 0 Å². The second-order valence-corrected chi connectivity index (χ2v) is 6.02. The highest BCUT2D eigenvalue weighted by Crippen LogP contribution is 2.19. The number of carbonyl (C=O) groups is 3. The molecule has 0 aliphatic carbocycles. The maximum Gasteiger partial charge on any atom is 0.365 e. The zero-order valence-electron chi connectivity index (χ0n) is 11.0. The van der Waals surface area contributed by atoms with E-state index in [1.807, 2.05) is 0 Å². The highest BCUT2D eigenvalue weighted by atomic mass is 32.2. The molecule has 1 aliphatic rings. The van der Waals surface area contributed by atoms with Gasteiger partial charge in [0.05, 0.1) is 10.5 Å². The van der Waals surface area contributed by atoms with Gasteiger partial charge in [0, 0.05) is 12.8 Å². The van der Waals surface area contributed by atoms with Crippen molar-refractivity contribution >= 4 is 27.8 Å². The van der Waals surface area contributed by atoms with Crippen molar-refractivity contribution in [2.45, 2.75) is 17.7 Å². The van der Waals surface area contributed by atoms with Crippen LogP contribution in [0.4, 0.5) is 0 Å². The van der Waals surface area contributed by atoms with Crippen molar-refractivity contribution in [3.05, 3.63) is 29.8 Å². The maximum atomic E-state index is 12.0. The molecule has 0 spiro atoms. The molecule has 9 heteroatoms. The minimum absolute atomic E-state index is 0.0391. The lowest BCUT2D eigenvalue weighted by molar-refractivity contribution is -0.172. The Bertz CT molecular complexity index is 696. The first kappa shape index (κ1) is 15.1. The number of carbonyl (C=O) groups excluding carboxylic acids is 3. The molecule has 1 fully saturated rings. The quantitative estimate of drug-likeness (QED) is 0.772. The Balaban J connectivity index is 2.33. The minimum atomic E-state index is -3.87. The molecular formula is C12H12N2O6S. The summed E-state index contributed by atoms with van der Waals surface area (Å²) >= 11 is 0. The number of nitrogens with zero attached hydrogens (tertiary/aromatic N) is 1. The fraction of sp³-hybridized carbons (Fsp3) is 0.250. The first-order chi connectivity index (χ1) is 9.86. The molecular weight excluding hydrogens is 300 g/mol. The fourth-order valence-electron chi connectivity index (χ4n) is 1.77. The summed E-state index contributed by atoms with van der Waals surface area (Å²) in [5, 5.41) is 0.366. The van der Waals surface area contributed by atoms with Crippen LogP contribution in [0.3, 0.4) is 0 Å². The van der Waals surface area contributed by atoms with Crippen molar-refractivity contribution in [1.82, 2.24) is 9.79 Å². The van der Waals surface area contributed by atoms with Gasteiger partial charge in [-0.05, 0) is 19.2 Å². The lowest BCUT2D eigenvalue weighted by atomic mass is 10.2. The largest absolute Gasteiger partial charge is 0.365 e. The molecule has 1 aromatic rings. The fourth-order valence-corrected chi connectivity index (χ4v) is 2.69. The third-order valence-electron chi connectivity index (χ3n) is 2.85. The van der Waals surface area contributed by atoms with Gasteiger partial charge < -0.3 is 4.84 Å². The van der Waals surface area contributed by atoms with Crippen molar-refractivity contribution in [3.8, 4) is 0 Å². The standard InChI is InChI=1S/C12H12N2O6S/c1-13-21(18,19)9-5-3-2-4-8(9)12(17)20-14-10(15)6-7-11(14)16/h2-5,13H,6-7H2,1H3. The maximum absolute atomic E-state index is 12.0. The molecule has 1 heterocycles.